The first-order chi connectivity index (χ1) is 4.77. The summed E-state index contributed by atoms with van der Waals surface area (Å²) in [4.78, 5) is 0. The highest BCUT2D eigenvalue weighted by molar-refractivity contribution is 5.09. The molecule has 0 aliphatic rings. The van der Waals surface area contributed by atoms with E-state index in [1.807, 2.05) is 11.7 Å². The van der Waals surface area contributed by atoms with E-state index in [4.69, 9.17) is 0 Å². The minimum atomic E-state index is 1.04. The van der Waals surface area contributed by atoms with Crippen molar-refractivity contribution in [1.82, 2.24) is 9.78 Å². The molecular weight excluding hydrogens is 124 g/mol. The van der Waals surface area contributed by atoms with Gasteiger partial charge >= 0.3 is 0 Å². The standard InChI is InChI=1S/C8H14N2/c1-4-7-6-8(5-2)10(3)9-7/h6H,4-5H2,1-3H3. The number of aryl methyl sites for hydroxylation is 3. The number of rotatable bonds is 2. The molecule has 0 N–H and O–H groups in total. The second-order valence-electron chi connectivity index (χ2n) is 2.46. The molecule has 1 heterocycles. The molecule has 0 atom stereocenters. The Morgan fingerprint density at radius 3 is 2.40 bits per heavy atom. The van der Waals surface area contributed by atoms with Crippen molar-refractivity contribution in [3.05, 3.63) is 17.5 Å². The van der Waals surface area contributed by atoms with Crippen LogP contribution in [0.3, 0.4) is 0 Å². The van der Waals surface area contributed by atoms with Crippen LogP contribution in [0, 0.1) is 0 Å². The van der Waals surface area contributed by atoms with Gasteiger partial charge in [0.05, 0.1) is 5.69 Å². The minimum Gasteiger partial charge on any atom is -0.272 e. The highest BCUT2D eigenvalue weighted by Gasteiger charge is 1.99. The summed E-state index contributed by atoms with van der Waals surface area (Å²) in [6.45, 7) is 4.28. The maximum atomic E-state index is 4.32. The number of hydrogen-bond donors (Lipinski definition) is 0. The Balaban J connectivity index is 2.92. The molecule has 1 aromatic rings. The molecule has 0 bridgehead atoms. The van der Waals surface area contributed by atoms with E-state index in [0.29, 0.717) is 0 Å². The van der Waals surface area contributed by atoms with Crippen molar-refractivity contribution in [2.75, 3.05) is 0 Å². The van der Waals surface area contributed by atoms with Crippen LogP contribution in [-0.2, 0) is 19.9 Å². The highest BCUT2D eigenvalue weighted by Crippen LogP contribution is 2.03. The van der Waals surface area contributed by atoms with Crippen LogP contribution in [-0.4, -0.2) is 9.78 Å². The number of hydrogen-bond acceptors (Lipinski definition) is 1. The van der Waals surface area contributed by atoms with Crippen LogP contribution >= 0.6 is 0 Å². The Bertz CT molecular complexity index is 213. The van der Waals surface area contributed by atoms with E-state index < -0.39 is 0 Å². The van der Waals surface area contributed by atoms with Crippen molar-refractivity contribution < 1.29 is 0 Å². The first-order valence-corrected chi connectivity index (χ1v) is 3.79. The zero-order chi connectivity index (χ0) is 7.56. The van der Waals surface area contributed by atoms with Crippen LogP contribution in [0.2, 0.25) is 0 Å². The Hall–Kier alpha value is -0.790. The van der Waals surface area contributed by atoms with Crippen LogP contribution in [0.1, 0.15) is 25.2 Å². The average molecular weight is 138 g/mol. The van der Waals surface area contributed by atoms with Gasteiger partial charge in [-0.3, -0.25) is 4.68 Å². The van der Waals surface area contributed by atoms with E-state index in [1.165, 1.54) is 11.4 Å². The van der Waals surface area contributed by atoms with E-state index in [-0.39, 0.29) is 0 Å². The Kier molecular flexibility index (Phi) is 2.10. The van der Waals surface area contributed by atoms with Gasteiger partial charge in [0.1, 0.15) is 0 Å². The molecule has 0 aliphatic heterocycles. The molecule has 0 aromatic carbocycles. The van der Waals surface area contributed by atoms with Gasteiger partial charge in [0, 0.05) is 12.7 Å². The summed E-state index contributed by atoms with van der Waals surface area (Å²) in [6, 6.07) is 2.17. The van der Waals surface area contributed by atoms with Gasteiger partial charge in [0.25, 0.3) is 0 Å². The smallest absolute Gasteiger partial charge is 0.0624 e. The summed E-state index contributed by atoms with van der Waals surface area (Å²) in [5.41, 5.74) is 2.51. The molecule has 2 heteroatoms. The Labute approximate surface area is 61.9 Å². The highest BCUT2D eigenvalue weighted by atomic mass is 15.3. The van der Waals surface area contributed by atoms with Gasteiger partial charge in [-0.05, 0) is 18.9 Å². The molecule has 1 rings (SSSR count). The lowest BCUT2D eigenvalue weighted by Gasteiger charge is -1.92. The molecule has 1 aromatic heterocycles. The second kappa shape index (κ2) is 2.86. The molecule has 2 nitrogen and oxygen atoms in total. The van der Waals surface area contributed by atoms with E-state index in [0.717, 1.165) is 12.8 Å². The zero-order valence-electron chi connectivity index (χ0n) is 6.89. The zero-order valence-corrected chi connectivity index (χ0v) is 6.89. The topological polar surface area (TPSA) is 17.8 Å². The molecule has 0 fully saturated rings. The largest absolute Gasteiger partial charge is 0.272 e. The van der Waals surface area contributed by atoms with Crippen LogP contribution in [0.5, 0.6) is 0 Å². The molecule has 0 aliphatic carbocycles. The second-order valence-corrected chi connectivity index (χ2v) is 2.46. The van der Waals surface area contributed by atoms with E-state index in [1.54, 1.807) is 0 Å². The predicted molar refractivity (Wildman–Crippen MR) is 42.0 cm³/mol. The predicted octanol–water partition coefficient (Wildman–Crippen LogP) is 1.54. The lowest BCUT2D eigenvalue weighted by Crippen LogP contribution is -1.95. The van der Waals surface area contributed by atoms with Crippen molar-refractivity contribution in [3.63, 3.8) is 0 Å². The summed E-state index contributed by atoms with van der Waals surface area (Å²) in [5, 5.41) is 4.32. The average Bonchev–Trinajstić information content (AvgIpc) is 2.30. The summed E-state index contributed by atoms with van der Waals surface area (Å²) in [6.07, 6.45) is 2.11. The van der Waals surface area contributed by atoms with E-state index in [2.05, 4.69) is 25.0 Å². The molecule has 0 spiro atoms. The first kappa shape index (κ1) is 7.32. The monoisotopic (exact) mass is 138 g/mol. The third kappa shape index (κ3) is 1.20. The van der Waals surface area contributed by atoms with Crippen LogP contribution in [0.15, 0.2) is 6.07 Å². The Morgan fingerprint density at radius 1 is 1.40 bits per heavy atom. The first-order valence-electron chi connectivity index (χ1n) is 3.79. The SMILES string of the molecule is CCc1cc(CC)n(C)n1. The van der Waals surface area contributed by atoms with Crippen LogP contribution in [0.4, 0.5) is 0 Å². The van der Waals surface area contributed by atoms with Gasteiger partial charge in [-0.25, -0.2) is 0 Å². The fourth-order valence-electron chi connectivity index (χ4n) is 1.08. The Morgan fingerprint density at radius 2 is 2.10 bits per heavy atom. The minimum absolute atomic E-state index is 1.04. The van der Waals surface area contributed by atoms with E-state index in [9.17, 15) is 0 Å². The number of nitrogens with zero attached hydrogens (tertiary/aromatic N) is 2. The maximum Gasteiger partial charge on any atom is 0.0624 e. The van der Waals surface area contributed by atoms with Crippen LogP contribution < -0.4 is 0 Å². The van der Waals surface area contributed by atoms with Crippen molar-refractivity contribution in [2.45, 2.75) is 26.7 Å². The van der Waals surface area contributed by atoms with Crippen LogP contribution in [0.25, 0.3) is 0 Å². The van der Waals surface area contributed by atoms with Gasteiger partial charge in [-0.15, -0.1) is 0 Å². The van der Waals surface area contributed by atoms with Gasteiger partial charge in [-0.1, -0.05) is 13.8 Å². The van der Waals surface area contributed by atoms with Gasteiger partial charge in [-0.2, -0.15) is 5.10 Å². The molecular formula is C8H14N2. The normalized spacial score (nSPS) is 10.3. The van der Waals surface area contributed by atoms with E-state index >= 15 is 0 Å². The fourth-order valence-corrected chi connectivity index (χ4v) is 1.08. The van der Waals surface area contributed by atoms with Crippen molar-refractivity contribution in [3.8, 4) is 0 Å². The fraction of sp³-hybridized carbons (Fsp3) is 0.625. The third-order valence-electron chi connectivity index (χ3n) is 1.75. The van der Waals surface area contributed by atoms with Gasteiger partial charge in [0.15, 0.2) is 0 Å². The van der Waals surface area contributed by atoms with Crippen molar-refractivity contribution in [2.24, 2.45) is 7.05 Å². The van der Waals surface area contributed by atoms with Crippen molar-refractivity contribution >= 4 is 0 Å². The summed E-state index contributed by atoms with van der Waals surface area (Å²) < 4.78 is 1.96. The van der Waals surface area contributed by atoms with Gasteiger partial charge in [0.2, 0.25) is 0 Å². The summed E-state index contributed by atoms with van der Waals surface area (Å²) in [7, 11) is 2.00. The summed E-state index contributed by atoms with van der Waals surface area (Å²) in [5.74, 6) is 0. The molecule has 10 heavy (non-hydrogen) atoms. The lowest BCUT2D eigenvalue weighted by atomic mass is 10.3. The molecule has 56 valence electrons. The molecule has 0 unspecified atom stereocenters. The molecule has 0 radical (unpaired) electrons. The van der Waals surface area contributed by atoms with Crippen molar-refractivity contribution in [1.29, 1.82) is 0 Å². The molecule has 0 saturated carbocycles. The molecule has 0 saturated heterocycles. The third-order valence-corrected chi connectivity index (χ3v) is 1.75. The molecule has 0 amide bonds. The van der Waals surface area contributed by atoms with Gasteiger partial charge < -0.3 is 0 Å². The lowest BCUT2D eigenvalue weighted by molar-refractivity contribution is 0.705. The number of aromatic nitrogens is 2. The summed E-state index contributed by atoms with van der Waals surface area (Å²) >= 11 is 0. The quantitative estimate of drug-likeness (QED) is 0.606. The maximum absolute atomic E-state index is 4.32.